The van der Waals surface area contributed by atoms with Gasteiger partial charge in [0.2, 0.25) is 0 Å². The van der Waals surface area contributed by atoms with Crippen LogP contribution < -0.4 is 0 Å². The Morgan fingerprint density at radius 3 is 2.38 bits per heavy atom. The molecule has 0 aliphatic rings. The van der Waals surface area contributed by atoms with E-state index in [1.165, 1.54) is 31.4 Å². The fourth-order valence-electron chi connectivity index (χ4n) is 1.15. The molecule has 13 heavy (non-hydrogen) atoms. The highest BCUT2D eigenvalue weighted by Crippen LogP contribution is 2.31. The minimum absolute atomic E-state index is 0.891. The second-order valence-electron chi connectivity index (χ2n) is 2.80. The highest BCUT2D eigenvalue weighted by atomic mass is 33.1. The van der Waals surface area contributed by atoms with Gasteiger partial charge < -0.3 is 0 Å². The third-order valence-corrected chi connectivity index (χ3v) is 5.94. The number of hydrogen-bond acceptors (Lipinski definition) is 4. The van der Waals surface area contributed by atoms with Gasteiger partial charge in [0.15, 0.2) is 0 Å². The molecule has 0 aromatic rings. The van der Waals surface area contributed by atoms with E-state index >= 15 is 0 Å². The first-order valence-electron chi connectivity index (χ1n) is 4.70. The number of hydrogen-bond donors (Lipinski definition) is 0. The van der Waals surface area contributed by atoms with E-state index in [4.69, 9.17) is 0 Å². The van der Waals surface area contributed by atoms with Gasteiger partial charge in [-0.15, -0.1) is 0 Å². The Morgan fingerprint density at radius 1 is 1.08 bits per heavy atom. The molecule has 0 N–H and O–H groups in total. The zero-order valence-electron chi connectivity index (χ0n) is 8.75. The predicted molar refractivity (Wildman–Crippen MR) is 75.0 cm³/mol. The van der Waals surface area contributed by atoms with Crippen molar-refractivity contribution in [1.82, 2.24) is 0 Å². The molecule has 0 amide bonds. The van der Waals surface area contributed by atoms with Crippen molar-refractivity contribution in [2.45, 2.75) is 37.9 Å². The molecule has 80 valence electrons. The minimum atomic E-state index is 0.891. The predicted octanol–water partition coefficient (Wildman–Crippen LogP) is 4.96. The van der Waals surface area contributed by atoms with Crippen molar-refractivity contribution in [3.05, 3.63) is 0 Å². The molecule has 0 bridgehead atoms. The first kappa shape index (κ1) is 14.4. The fraction of sp³-hybridized carbons (Fsp3) is 1.00. The Labute approximate surface area is 99.0 Å². The van der Waals surface area contributed by atoms with Gasteiger partial charge in [0, 0.05) is 11.0 Å². The molecule has 1 atom stereocenters. The average Bonchev–Trinajstić information content (AvgIpc) is 2.13. The number of rotatable bonds is 9. The van der Waals surface area contributed by atoms with Crippen molar-refractivity contribution in [2.75, 3.05) is 18.3 Å². The van der Waals surface area contributed by atoms with Crippen molar-refractivity contribution in [1.29, 1.82) is 0 Å². The molecule has 0 saturated carbocycles. The fourth-order valence-corrected chi connectivity index (χ4v) is 4.72. The van der Waals surface area contributed by atoms with E-state index in [-0.39, 0.29) is 0 Å². The van der Waals surface area contributed by atoms with Crippen molar-refractivity contribution >= 4 is 43.2 Å². The van der Waals surface area contributed by atoms with Gasteiger partial charge in [-0.25, -0.2) is 0 Å². The molecule has 0 aliphatic heterocycles. The van der Waals surface area contributed by atoms with Crippen molar-refractivity contribution in [3.8, 4) is 0 Å². The molecule has 0 aromatic heterocycles. The first-order chi connectivity index (χ1) is 6.35. The summed E-state index contributed by atoms with van der Waals surface area (Å²) in [5.41, 5.74) is 0. The Morgan fingerprint density at radius 2 is 1.85 bits per heavy atom. The van der Waals surface area contributed by atoms with Crippen LogP contribution >= 0.6 is 43.2 Å². The van der Waals surface area contributed by atoms with Crippen LogP contribution in [0, 0.1) is 0 Å². The second-order valence-corrected chi connectivity index (χ2v) is 8.26. The normalized spacial score (nSPS) is 13.2. The summed E-state index contributed by atoms with van der Waals surface area (Å²) in [7, 11) is 7.85. The van der Waals surface area contributed by atoms with Gasteiger partial charge in [-0.05, 0) is 31.8 Å². The topological polar surface area (TPSA) is 0 Å². The van der Waals surface area contributed by atoms with Crippen LogP contribution in [-0.2, 0) is 0 Å². The van der Waals surface area contributed by atoms with E-state index in [1.807, 2.05) is 32.4 Å². The zero-order valence-corrected chi connectivity index (χ0v) is 12.0. The molecule has 0 spiro atoms. The largest absolute Gasteiger partial charge is 0.0976 e. The Balaban J connectivity index is 3.33. The van der Waals surface area contributed by atoms with Gasteiger partial charge >= 0.3 is 0 Å². The van der Waals surface area contributed by atoms with Crippen LogP contribution in [0.15, 0.2) is 0 Å². The third-order valence-electron chi connectivity index (χ3n) is 1.71. The highest BCUT2D eigenvalue weighted by molar-refractivity contribution is 8.76. The van der Waals surface area contributed by atoms with E-state index in [2.05, 4.69) is 30.2 Å². The summed E-state index contributed by atoms with van der Waals surface area (Å²) >= 11 is 0. The molecule has 0 aliphatic carbocycles. The second kappa shape index (κ2) is 11.5. The van der Waals surface area contributed by atoms with E-state index < -0.39 is 0 Å². The van der Waals surface area contributed by atoms with Crippen LogP contribution in [-0.4, -0.2) is 23.5 Å². The Bertz CT molecular complexity index is 91.6. The van der Waals surface area contributed by atoms with Gasteiger partial charge in [0.05, 0.1) is 0 Å². The standard InChI is InChI=1S/C9H20S4/c1-4-6-9(13-11-3)7-5-8-12-10-2/h9H,4-8H2,1-3H3. The molecule has 1 unspecified atom stereocenters. The minimum Gasteiger partial charge on any atom is -0.0976 e. The molecule has 0 fully saturated rings. The molecule has 0 rings (SSSR count). The van der Waals surface area contributed by atoms with Crippen LogP contribution in [0.4, 0.5) is 0 Å². The lowest BCUT2D eigenvalue weighted by Crippen LogP contribution is -2.00. The zero-order chi connectivity index (χ0) is 9.94. The summed E-state index contributed by atoms with van der Waals surface area (Å²) in [6.07, 6.45) is 9.83. The van der Waals surface area contributed by atoms with Crippen LogP contribution in [0.2, 0.25) is 0 Å². The Hall–Kier alpha value is 1.40. The molecule has 0 aromatic carbocycles. The lowest BCUT2D eigenvalue weighted by atomic mass is 10.2. The van der Waals surface area contributed by atoms with E-state index in [9.17, 15) is 0 Å². The van der Waals surface area contributed by atoms with Crippen LogP contribution in [0.3, 0.4) is 0 Å². The molecule has 0 nitrogen and oxygen atoms in total. The first-order valence-corrected chi connectivity index (χ1v) is 10.0. The molecule has 0 saturated heterocycles. The Kier molecular flexibility index (Phi) is 12.7. The maximum absolute atomic E-state index is 2.28. The average molecular weight is 257 g/mol. The van der Waals surface area contributed by atoms with Crippen LogP contribution in [0.1, 0.15) is 32.6 Å². The molecule has 0 heterocycles. The lowest BCUT2D eigenvalue weighted by molar-refractivity contribution is 0.679. The van der Waals surface area contributed by atoms with Crippen molar-refractivity contribution < 1.29 is 0 Å². The summed E-state index contributed by atoms with van der Waals surface area (Å²) in [6, 6.07) is 0. The molecular formula is C9H20S4. The summed E-state index contributed by atoms with van der Waals surface area (Å²) < 4.78 is 0. The maximum atomic E-state index is 2.28. The molecule has 0 radical (unpaired) electrons. The van der Waals surface area contributed by atoms with Gasteiger partial charge in [0.1, 0.15) is 0 Å². The summed E-state index contributed by atoms with van der Waals surface area (Å²) in [5.74, 6) is 1.32. The van der Waals surface area contributed by atoms with Gasteiger partial charge in [-0.1, -0.05) is 56.5 Å². The van der Waals surface area contributed by atoms with Crippen LogP contribution in [0.25, 0.3) is 0 Å². The summed E-state index contributed by atoms with van der Waals surface area (Å²) in [5, 5.41) is 0.891. The van der Waals surface area contributed by atoms with Gasteiger partial charge in [-0.3, -0.25) is 0 Å². The molecule has 4 heteroatoms. The van der Waals surface area contributed by atoms with E-state index in [0.717, 1.165) is 5.25 Å². The lowest BCUT2D eigenvalue weighted by Gasteiger charge is -2.12. The van der Waals surface area contributed by atoms with Crippen molar-refractivity contribution in [2.24, 2.45) is 0 Å². The maximum Gasteiger partial charge on any atom is 0.0151 e. The summed E-state index contributed by atoms with van der Waals surface area (Å²) in [6.45, 7) is 2.28. The quantitative estimate of drug-likeness (QED) is 0.422. The smallest absolute Gasteiger partial charge is 0.0151 e. The monoisotopic (exact) mass is 256 g/mol. The summed E-state index contributed by atoms with van der Waals surface area (Å²) in [4.78, 5) is 0. The van der Waals surface area contributed by atoms with E-state index in [1.54, 1.807) is 0 Å². The van der Waals surface area contributed by atoms with Crippen LogP contribution in [0.5, 0.6) is 0 Å². The van der Waals surface area contributed by atoms with Gasteiger partial charge in [-0.2, -0.15) is 0 Å². The molecular weight excluding hydrogens is 236 g/mol. The SMILES string of the molecule is CCCC(CCCSSC)SSC. The van der Waals surface area contributed by atoms with E-state index in [0.29, 0.717) is 0 Å². The third kappa shape index (κ3) is 9.70. The van der Waals surface area contributed by atoms with Gasteiger partial charge in [0.25, 0.3) is 0 Å². The highest BCUT2D eigenvalue weighted by Gasteiger charge is 2.06. The van der Waals surface area contributed by atoms with Crippen molar-refractivity contribution in [3.63, 3.8) is 0 Å².